The number of amides is 2. The van der Waals surface area contributed by atoms with Crippen LogP contribution in [0.15, 0.2) is 42.6 Å². The largest absolute Gasteiger partial charge is 0.478 e. The van der Waals surface area contributed by atoms with Gasteiger partial charge in [-0.05, 0) is 25.5 Å². The summed E-state index contributed by atoms with van der Waals surface area (Å²) in [4.78, 5) is 28.1. The van der Waals surface area contributed by atoms with E-state index in [2.05, 4.69) is 15.6 Å². The number of rotatable bonds is 8. The SMILES string of the molecule is CCOc1ncccc1CNC(=O)CC(NC(C)=O)c1ccc(C)cc1. The van der Waals surface area contributed by atoms with E-state index in [1.165, 1.54) is 6.92 Å². The maximum atomic E-state index is 12.4. The van der Waals surface area contributed by atoms with E-state index in [1.807, 2.05) is 44.2 Å². The van der Waals surface area contributed by atoms with Crippen LogP contribution in [-0.2, 0) is 16.1 Å². The molecule has 1 heterocycles. The first-order chi connectivity index (χ1) is 12.5. The second-order valence-corrected chi connectivity index (χ2v) is 6.05. The van der Waals surface area contributed by atoms with Gasteiger partial charge >= 0.3 is 0 Å². The van der Waals surface area contributed by atoms with Gasteiger partial charge in [0.15, 0.2) is 0 Å². The summed E-state index contributed by atoms with van der Waals surface area (Å²) in [6.07, 6.45) is 1.81. The highest BCUT2D eigenvalue weighted by atomic mass is 16.5. The molecule has 2 rings (SSSR count). The van der Waals surface area contributed by atoms with Crippen LogP contribution in [0.4, 0.5) is 0 Å². The van der Waals surface area contributed by atoms with Gasteiger partial charge < -0.3 is 15.4 Å². The highest BCUT2D eigenvalue weighted by Gasteiger charge is 2.17. The lowest BCUT2D eigenvalue weighted by Crippen LogP contribution is -2.32. The van der Waals surface area contributed by atoms with E-state index in [0.717, 1.165) is 16.7 Å². The predicted octanol–water partition coefficient (Wildman–Crippen LogP) is 2.67. The molecule has 0 saturated heterocycles. The van der Waals surface area contributed by atoms with Gasteiger partial charge in [0.25, 0.3) is 0 Å². The Morgan fingerprint density at radius 1 is 1.19 bits per heavy atom. The molecule has 2 amide bonds. The molecule has 1 atom stereocenters. The molecule has 0 fully saturated rings. The van der Waals surface area contributed by atoms with E-state index in [-0.39, 0.29) is 24.3 Å². The minimum atomic E-state index is -0.367. The van der Waals surface area contributed by atoms with E-state index < -0.39 is 0 Å². The molecule has 0 saturated carbocycles. The summed E-state index contributed by atoms with van der Waals surface area (Å²) in [7, 11) is 0. The Labute approximate surface area is 154 Å². The van der Waals surface area contributed by atoms with Crippen LogP contribution in [0.2, 0.25) is 0 Å². The van der Waals surface area contributed by atoms with Crippen LogP contribution in [0.25, 0.3) is 0 Å². The lowest BCUT2D eigenvalue weighted by Gasteiger charge is -2.18. The number of carbonyl (C=O) groups is 2. The lowest BCUT2D eigenvalue weighted by molar-refractivity contribution is -0.122. The van der Waals surface area contributed by atoms with Gasteiger partial charge in [-0.25, -0.2) is 4.98 Å². The molecule has 2 N–H and O–H groups in total. The molecule has 0 radical (unpaired) electrons. The van der Waals surface area contributed by atoms with Gasteiger partial charge in [-0.3, -0.25) is 9.59 Å². The van der Waals surface area contributed by atoms with Crippen molar-refractivity contribution in [2.24, 2.45) is 0 Å². The van der Waals surface area contributed by atoms with Crippen molar-refractivity contribution < 1.29 is 14.3 Å². The molecule has 0 bridgehead atoms. The Kier molecular flexibility index (Phi) is 7.14. The Bertz CT molecular complexity index is 744. The maximum Gasteiger partial charge on any atom is 0.222 e. The number of aromatic nitrogens is 1. The number of ether oxygens (including phenoxy) is 1. The molecule has 1 aromatic carbocycles. The number of aryl methyl sites for hydroxylation is 1. The minimum absolute atomic E-state index is 0.157. The van der Waals surface area contributed by atoms with Crippen molar-refractivity contribution in [3.8, 4) is 5.88 Å². The van der Waals surface area contributed by atoms with Crippen molar-refractivity contribution >= 4 is 11.8 Å². The summed E-state index contributed by atoms with van der Waals surface area (Å²) in [5, 5.41) is 5.71. The lowest BCUT2D eigenvalue weighted by atomic mass is 10.0. The van der Waals surface area contributed by atoms with Crippen molar-refractivity contribution in [3.63, 3.8) is 0 Å². The number of carbonyl (C=O) groups excluding carboxylic acids is 2. The van der Waals surface area contributed by atoms with Gasteiger partial charge in [-0.15, -0.1) is 0 Å². The Balaban J connectivity index is 2.01. The van der Waals surface area contributed by atoms with Gasteiger partial charge in [-0.1, -0.05) is 35.9 Å². The van der Waals surface area contributed by atoms with Gasteiger partial charge in [0.2, 0.25) is 17.7 Å². The molecule has 0 spiro atoms. The molecule has 0 aliphatic rings. The first kappa shape index (κ1) is 19.4. The highest BCUT2D eigenvalue weighted by Crippen LogP contribution is 2.18. The average molecular weight is 355 g/mol. The average Bonchev–Trinajstić information content (AvgIpc) is 2.61. The molecule has 26 heavy (non-hydrogen) atoms. The maximum absolute atomic E-state index is 12.4. The van der Waals surface area contributed by atoms with Crippen molar-refractivity contribution in [1.29, 1.82) is 0 Å². The minimum Gasteiger partial charge on any atom is -0.478 e. The van der Waals surface area contributed by atoms with Crippen molar-refractivity contribution in [3.05, 3.63) is 59.3 Å². The number of benzene rings is 1. The second-order valence-electron chi connectivity index (χ2n) is 6.05. The third kappa shape index (κ3) is 5.88. The van der Waals surface area contributed by atoms with Crippen LogP contribution in [0.5, 0.6) is 5.88 Å². The van der Waals surface area contributed by atoms with Crippen LogP contribution in [0, 0.1) is 6.92 Å². The fraction of sp³-hybridized carbons (Fsp3) is 0.350. The zero-order valence-corrected chi connectivity index (χ0v) is 15.4. The summed E-state index contributed by atoms with van der Waals surface area (Å²) in [5.74, 6) is 0.192. The van der Waals surface area contributed by atoms with E-state index in [4.69, 9.17) is 4.74 Å². The molecule has 1 unspecified atom stereocenters. The summed E-state index contributed by atoms with van der Waals surface area (Å²) in [6.45, 7) is 6.16. The second kappa shape index (κ2) is 9.56. The third-order valence-electron chi connectivity index (χ3n) is 3.85. The van der Waals surface area contributed by atoms with Gasteiger partial charge in [0.05, 0.1) is 19.1 Å². The molecule has 138 valence electrons. The zero-order valence-electron chi connectivity index (χ0n) is 15.4. The molecule has 1 aromatic heterocycles. The summed E-state index contributed by atoms with van der Waals surface area (Å²) >= 11 is 0. The fourth-order valence-corrected chi connectivity index (χ4v) is 2.57. The summed E-state index contributed by atoms with van der Waals surface area (Å²) in [6, 6.07) is 11.1. The van der Waals surface area contributed by atoms with Crippen molar-refractivity contribution in [2.75, 3.05) is 6.61 Å². The number of pyridine rings is 1. The molecule has 2 aromatic rings. The van der Waals surface area contributed by atoms with Crippen LogP contribution in [-0.4, -0.2) is 23.4 Å². The monoisotopic (exact) mass is 355 g/mol. The summed E-state index contributed by atoms with van der Waals surface area (Å²) in [5.41, 5.74) is 2.84. The van der Waals surface area contributed by atoms with E-state index in [1.54, 1.807) is 12.3 Å². The zero-order chi connectivity index (χ0) is 18.9. The van der Waals surface area contributed by atoms with Gasteiger partial charge in [0.1, 0.15) is 0 Å². The topological polar surface area (TPSA) is 80.3 Å². The number of nitrogens with one attached hydrogen (secondary N) is 2. The number of hydrogen-bond acceptors (Lipinski definition) is 4. The van der Waals surface area contributed by atoms with E-state index in [0.29, 0.717) is 19.0 Å². The first-order valence-electron chi connectivity index (χ1n) is 8.66. The van der Waals surface area contributed by atoms with Crippen molar-refractivity contribution in [1.82, 2.24) is 15.6 Å². The Hall–Kier alpha value is -2.89. The fourth-order valence-electron chi connectivity index (χ4n) is 2.57. The molecule has 6 nitrogen and oxygen atoms in total. The van der Waals surface area contributed by atoms with Gasteiger partial charge in [-0.2, -0.15) is 0 Å². The number of hydrogen-bond donors (Lipinski definition) is 2. The van der Waals surface area contributed by atoms with Gasteiger partial charge in [0, 0.05) is 25.2 Å². The number of nitrogens with zero attached hydrogens (tertiary/aromatic N) is 1. The van der Waals surface area contributed by atoms with Crippen molar-refractivity contribution in [2.45, 2.75) is 39.8 Å². The smallest absolute Gasteiger partial charge is 0.222 e. The molecule has 6 heteroatoms. The standard InChI is InChI=1S/C20H25N3O3/c1-4-26-20-17(6-5-11-21-20)13-22-19(25)12-18(23-15(3)24)16-9-7-14(2)8-10-16/h5-11,18H,4,12-13H2,1-3H3,(H,22,25)(H,23,24). The van der Waals surface area contributed by atoms with Crippen LogP contribution < -0.4 is 15.4 Å². The quantitative estimate of drug-likeness (QED) is 0.763. The molecular formula is C20H25N3O3. The normalized spacial score (nSPS) is 11.5. The summed E-state index contributed by atoms with van der Waals surface area (Å²) < 4.78 is 5.46. The Morgan fingerprint density at radius 2 is 1.92 bits per heavy atom. The molecule has 0 aliphatic heterocycles. The molecule has 0 aliphatic carbocycles. The van der Waals surface area contributed by atoms with Crippen LogP contribution >= 0.6 is 0 Å². The van der Waals surface area contributed by atoms with E-state index >= 15 is 0 Å². The van der Waals surface area contributed by atoms with Crippen LogP contribution in [0.1, 0.15) is 43.0 Å². The highest BCUT2D eigenvalue weighted by molar-refractivity contribution is 5.79. The van der Waals surface area contributed by atoms with Crippen LogP contribution in [0.3, 0.4) is 0 Å². The third-order valence-corrected chi connectivity index (χ3v) is 3.85. The Morgan fingerprint density at radius 3 is 2.58 bits per heavy atom. The predicted molar refractivity (Wildman–Crippen MR) is 99.6 cm³/mol. The van der Waals surface area contributed by atoms with E-state index in [9.17, 15) is 9.59 Å². The molecular weight excluding hydrogens is 330 g/mol. The first-order valence-corrected chi connectivity index (χ1v) is 8.66.